The fraction of sp³-hybridized carbons (Fsp3) is 0.583. The average molecular weight is 398 g/mol. The zero-order chi connectivity index (χ0) is 16.6. The molecule has 0 radical (unpaired) electrons. The molecule has 3 rings (SSSR count). The minimum absolute atomic E-state index is 0. The van der Waals surface area contributed by atoms with E-state index < -0.39 is 31.1 Å². The Hall–Kier alpha value is -1.47. The molecule has 25 heavy (non-hydrogen) atoms. The van der Waals surface area contributed by atoms with Gasteiger partial charge in [-0.05, 0) is 0 Å². The predicted molar refractivity (Wildman–Crippen MR) is 94.8 cm³/mol. The van der Waals surface area contributed by atoms with Crippen LogP contribution in [-0.2, 0) is 4.74 Å². The summed E-state index contributed by atoms with van der Waals surface area (Å²) in [6.45, 7) is 0.449. The van der Waals surface area contributed by atoms with Crippen LogP contribution in [0.1, 0.15) is 6.23 Å². The molecule has 0 unspecified atom stereocenters. The van der Waals surface area contributed by atoms with E-state index in [4.69, 9.17) is 16.2 Å². The molecule has 13 heteroatoms. The normalized spacial score (nSPS) is 25.4. The first kappa shape index (κ1) is 21.6. The number of fused-ring (bicyclic) bond motifs is 1. The number of rotatable bonds is 5. The van der Waals surface area contributed by atoms with Crippen molar-refractivity contribution in [3.05, 3.63) is 6.33 Å². The molecule has 3 heterocycles. The Morgan fingerprint density at radius 1 is 1.24 bits per heavy atom. The van der Waals surface area contributed by atoms with Gasteiger partial charge in [0.05, 0.1) is 12.9 Å². The maximum absolute atomic E-state index is 10.1. The Kier molecular flexibility index (Phi) is 7.56. The molecule has 0 aromatic carbocycles. The smallest absolute Gasteiger partial charge is 0.226 e. The van der Waals surface area contributed by atoms with E-state index in [2.05, 4.69) is 20.3 Å². The zero-order valence-corrected chi connectivity index (χ0v) is 14.7. The first-order valence-electron chi connectivity index (χ1n) is 7.13. The van der Waals surface area contributed by atoms with Crippen molar-refractivity contribution in [2.24, 2.45) is 5.73 Å². The number of anilines is 2. The number of aliphatic hydroxyl groups excluding tert-OH is 3. The van der Waals surface area contributed by atoms with Crippen LogP contribution in [0.15, 0.2) is 6.33 Å². The summed E-state index contributed by atoms with van der Waals surface area (Å²) in [7, 11) is 0. The molecule has 0 bridgehead atoms. The van der Waals surface area contributed by atoms with E-state index in [1.165, 1.54) is 10.9 Å². The molecule has 8 N–H and O–H groups in total. The van der Waals surface area contributed by atoms with Gasteiger partial charge in [0.15, 0.2) is 17.7 Å². The Bertz CT molecular complexity index is 703. The fourth-order valence-electron chi connectivity index (χ4n) is 2.50. The number of hydrogen-bond donors (Lipinski definition) is 6. The molecule has 11 nitrogen and oxygen atoms in total. The van der Waals surface area contributed by atoms with Gasteiger partial charge in [-0.15, -0.1) is 24.8 Å². The third-order valence-corrected chi connectivity index (χ3v) is 3.67. The third-order valence-electron chi connectivity index (χ3n) is 3.67. The summed E-state index contributed by atoms with van der Waals surface area (Å²) in [6, 6.07) is 0. The number of nitrogens with two attached hydrogens (primary N) is 2. The second-order valence-electron chi connectivity index (χ2n) is 5.20. The van der Waals surface area contributed by atoms with Crippen molar-refractivity contribution in [1.82, 2.24) is 19.5 Å². The van der Waals surface area contributed by atoms with Crippen LogP contribution in [0.2, 0.25) is 0 Å². The van der Waals surface area contributed by atoms with Gasteiger partial charge < -0.3 is 36.8 Å². The van der Waals surface area contributed by atoms with E-state index >= 15 is 0 Å². The largest absolute Gasteiger partial charge is 0.394 e. The number of aromatic nitrogens is 4. The average Bonchev–Trinajstić information content (AvgIpc) is 3.08. The van der Waals surface area contributed by atoms with Gasteiger partial charge in [0.1, 0.15) is 23.8 Å². The lowest BCUT2D eigenvalue weighted by Gasteiger charge is -2.16. The molecule has 1 aliphatic rings. The molecular formula is C12H21Cl2N7O4. The lowest BCUT2D eigenvalue weighted by Crippen LogP contribution is -2.33. The van der Waals surface area contributed by atoms with Crippen LogP contribution < -0.4 is 16.8 Å². The predicted octanol–water partition coefficient (Wildman–Crippen LogP) is -1.77. The van der Waals surface area contributed by atoms with Crippen LogP contribution in [0.25, 0.3) is 11.2 Å². The second kappa shape index (κ2) is 8.76. The quantitative estimate of drug-likeness (QED) is 0.338. The maximum atomic E-state index is 10.1. The number of nitrogens with one attached hydrogen (secondary N) is 1. The highest BCUT2D eigenvalue weighted by Gasteiger charge is 2.44. The van der Waals surface area contributed by atoms with Crippen molar-refractivity contribution < 1.29 is 20.1 Å². The van der Waals surface area contributed by atoms with Crippen LogP contribution in [0.5, 0.6) is 0 Å². The Balaban J connectivity index is 0.00000156. The number of ether oxygens (including phenoxy) is 1. The number of halogens is 2. The highest BCUT2D eigenvalue weighted by Crippen LogP contribution is 2.32. The first-order valence-corrected chi connectivity index (χ1v) is 7.13. The molecule has 1 fully saturated rings. The number of nitrogens with zero attached hydrogens (tertiary/aromatic N) is 4. The molecule has 0 spiro atoms. The summed E-state index contributed by atoms with van der Waals surface area (Å²) < 4.78 is 6.93. The molecule has 2 aromatic heterocycles. The highest BCUT2D eigenvalue weighted by molar-refractivity contribution is 5.85. The van der Waals surface area contributed by atoms with Crippen LogP contribution in [-0.4, -0.2) is 72.8 Å². The fourth-order valence-corrected chi connectivity index (χ4v) is 2.50. The molecule has 4 atom stereocenters. The van der Waals surface area contributed by atoms with E-state index in [-0.39, 0.29) is 36.6 Å². The van der Waals surface area contributed by atoms with Gasteiger partial charge in [-0.2, -0.15) is 9.97 Å². The van der Waals surface area contributed by atoms with Gasteiger partial charge >= 0.3 is 0 Å². The van der Waals surface area contributed by atoms with Crippen molar-refractivity contribution in [2.45, 2.75) is 24.5 Å². The van der Waals surface area contributed by atoms with Gasteiger partial charge in [-0.1, -0.05) is 0 Å². The van der Waals surface area contributed by atoms with E-state index in [0.717, 1.165) is 0 Å². The lowest BCUT2D eigenvalue weighted by molar-refractivity contribution is -0.0511. The van der Waals surface area contributed by atoms with Crippen molar-refractivity contribution >= 4 is 47.7 Å². The summed E-state index contributed by atoms with van der Waals surface area (Å²) in [6.07, 6.45) is -2.88. The molecular weight excluding hydrogens is 377 g/mol. The van der Waals surface area contributed by atoms with Crippen molar-refractivity contribution in [3.63, 3.8) is 0 Å². The summed E-state index contributed by atoms with van der Waals surface area (Å²) in [5.41, 5.74) is 12.0. The number of hydrogen-bond acceptors (Lipinski definition) is 10. The minimum atomic E-state index is -1.24. The summed E-state index contributed by atoms with van der Waals surface area (Å²) >= 11 is 0. The van der Waals surface area contributed by atoms with Crippen LogP contribution in [0.3, 0.4) is 0 Å². The van der Waals surface area contributed by atoms with Crippen molar-refractivity contribution in [2.75, 3.05) is 30.7 Å². The SMILES string of the molecule is Cl.Cl.NCCNc1nc(N)c2ncn([C@@H]3O[C@H](CO)[C@@H](O)[C@H]3O)c2n1. The molecule has 142 valence electrons. The topological polar surface area (TPSA) is 178 Å². The second-order valence-corrected chi connectivity index (χ2v) is 5.20. The standard InChI is InChI=1S/C12H19N7O4.2ClH/c13-1-2-15-12-17-9(14)6-10(18-12)19(4-16-6)11-8(22)7(21)5(3-20)23-11;;/h4-5,7-8,11,20-22H,1-3,13H2,(H3,14,15,17,18);2*1H/t5-,7-,8-,11-;;/m1../s1. The third kappa shape index (κ3) is 3.87. The first-order chi connectivity index (χ1) is 11.1. The van der Waals surface area contributed by atoms with Gasteiger partial charge in [-0.25, -0.2) is 4.98 Å². The van der Waals surface area contributed by atoms with Crippen LogP contribution in [0, 0.1) is 0 Å². The highest BCUT2D eigenvalue weighted by atomic mass is 35.5. The minimum Gasteiger partial charge on any atom is -0.394 e. The number of imidazole rings is 1. The molecule has 2 aromatic rings. The van der Waals surface area contributed by atoms with Gasteiger partial charge in [-0.3, -0.25) is 4.57 Å². The van der Waals surface area contributed by atoms with Crippen molar-refractivity contribution in [3.8, 4) is 0 Å². The zero-order valence-electron chi connectivity index (χ0n) is 13.0. The molecule has 1 saturated heterocycles. The summed E-state index contributed by atoms with van der Waals surface area (Å²) in [5, 5.41) is 32.1. The Morgan fingerprint density at radius 3 is 2.56 bits per heavy atom. The molecule has 1 aliphatic heterocycles. The van der Waals surface area contributed by atoms with Crippen LogP contribution in [0.4, 0.5) is 11.8 Å². The van der Waals surface area contributed by atoms with E-state index in [1.807, 2.05) is 0 Å². The molecule has 0 aliphatic carbocycles. The van der Waals surface area contributed by atoms with E-state index in [9.17, 15) is 15.3 Å². The van der Waals surface area contributed by atoms with E-state index in [1.54, 1.807) is 0 Å². The summed E-state index contributed by atoms with van der Waals surface area (Å²) in [4.78, 5) is 12.5. The van der Waals surface area contributed by atoms with Gasteiger partial charge in [0.25, 0.3) is 0 Å². The molecule has 0 amide bonds. The number of aliphatic hydroxyl groups is 3. The monoisotopic (exact) mass is 397 g/mol. The van der Waals surface area contributed by atoms with Gasteiger partial charge in [0, 0.05) is 13.1 Å². The van der Waals surface area contributed by atoms with Crippen molar-refractivity contribution in [1.29, 1.82) is 0 Å². The Labute approximate surface area is 155 Å². The molecule has 0 saturated carbocycles. The van der Waals surface area contributed by atoms with Crippen LogP contribution >= 0.6 is 24.8 Å². The van der Waals surface area contributed by atoms with Gasteiger partial charge in [0.2, 0.25) is 5.95 Å². The van der Waals surface area contributed by atoms with E-state index in [0.29, 0.717) is 24.3 Å². The summed E-state index contributed by atoms with van der Waals surface area (Å²) in [5.74, 6) is 0.439. The maximum Gasteiger partial charge on any atom is 0.226 e. The Morgan fingerprint density at radius 2 is 1.96 bits per heavy atom. The number of nitrogen functional groups attached to an aromatic ring is 1. The lowest BCUT2D eigenvalue weighted by atomic mass is 10.1.